The molecule has 5 nitrogen and oxygen atoms in total. The molecule has 0 spiro atoms. The third-order valence-corrected chi connectivity index (χ3v) is 1.56. The van der Waals surface area contributed by atoms with E-state index in [1.807, 2.05) is 0 Å². The molecular formula is C10H20O5. The van der Waals surface area contributed by atoms with Gasteiger partial charge >= 0.3 is 5.97 Å². The molecule has 15 heavy (non-hydrogen) atoms. The van der Waals surface area contributed by atoms with Crippen molar-refractivity contribution in [1.29, 1.82) is 0 Å². The Morgan fingerprint density at radius 1 is 1.00 bits per heavy atom. The van der Waals surface area contributed by atoms with E-state index in [4.69, 9.17) is 18.9 Å². The topological polar surface area (TPSA) is 54.0 Å². The lowest BCUT2D eigenvalue weighted by atomic mass is 10.5. The van der Waals surface area contributed by atoms with Crippen LogP contribution in [0.2, 0.25) is 0 Å². The lowest BCUT2D eigenvalue weighted by molar-refractivity contribution is -0.144. The molecule has 0 atom stereocenters. The molecule has 0 fully saturated rings. The zero-order chi connectivity index (χ0) is 11.4. The van der Waals surface area contributed by atoms with Gasteiger partial charge in [-0.2, -0.15) is 0 Å². The van der Waals surface area contributed by atoms with E-state index in [9.17, 15) is 4.79 Å². The van der Waals surface area contributed by atoms with Crippen LogP contribution < -0.4 is 0 Å². The lowest BCUT2D eigenvalue weighted by Gasteiger charge is -2.05. The van der Waals surface area contributed by atoms with Crippen molar-refractivity contribution in [2.45, 2.75) is 13.3 Å². The first-order chi connectivity index (χ1) is 7.31. The van der Waals surface area contributed by atoms with Crippen LogP contribution in [-0.4, -0.2) is 52.7 Å². The Balaban J connectivity index is 3.01. The van der Waals surface area contributed by atoms with E-state index in [1.165, 1.54) is 0 Å². The van der Waals surface area contributed by atoms with Crippen LogP contribution in [0.4, 0.5) is 0 Å². The van der Waals surface area contributed by atoms with Crippen molar-refractivity contribution in [3.8, 4) is 0 Å². The lowest BCUT2D eigenvalue weighted by Crippen LogP contribution is -2.12. The predicted octanol–water partition coefficient (Wildman–Crippen LogP) is 0.619. The van der Waals surface area contributed by atoms with Gasteiger partial charge in [0.25, 0.3) is 0 Å². The third kappa shape index (κ3) is 11.3. The zero-order valence-electron chi connectivity index (χ0n) is 9.49. The van der Waals surface area contributed by atoms with Gasteiger partial charge in [-0.3, -0.25) is 4.79 Å². The van der Waals surface area contributed by atoms with E-state index in [0.29, 0.717) is 46.1 Å². The van der Waals surface area contributed by atoms with E-state index in [1.54, 1.807) is 14.0 Å². The SMILES string of the molecule is CCOC(=O)CCOCCOCCOC. The van der Waals surface area contributed by atoms with Crippen LogP contribution in [0, 0.1) is 0 Å². The Morgan fingerprint density at radius 2 is 1.60 bits per heavy atom. The van der Waals surface area contributed by atoms with Gasteiger partial charge in [0.1, 0.15) is 0 Å². The Bertz CT molecular complexity index is 149. The first-order valence-corrected chi connectivity index (χ1v) is 5.11. The highest BCUT2D eigenvalue weighted by Gasteiger charge is 2.00. The fourth-order valence-corrected chi connectivity index (χ4v) is 0.853. The average Bonchev–Trinajstić information content (AvgIpc) is 2.22. The molecule has 0 unspecified atom stereocenters. The maximum absolute atomic E-state index is 10.9. The van der Waals surface area contributed by atoms with Gasteiger partial charge < -0.3 is 18.9 Å². The molecule has 0 aliphatic rings. The maximum Gasteiger partial charge on any atom is 0.308 e. The monoisotopic (exact) mass is 220 g/mol. The third-order valence-electron chi connectivity index (χ3n) is 1.56. The fourth-order valence-electron chi connectivity index (χ4n) is 0.853. The van der Waals surface area contributed by atoms with Crippen molar-refractivity contribution in [3.05, 3.63) is 0 Å². The largest absolute Gasteiger partial charge is 0.466 e. The van der Waals surface area contributed by atoms with E-state index in [2.05, 4.69) is 0 Å². The molecule has 0 aromatic heterocycles. The molecule has 0 heterocycles. The number of hydrogen-bond acceptors (Lipinski definition) is 5. The van der Waals surface area contributed by atoms with Crippen molar-refractivity contribution < 1.29 is 23.7 Å². The van der Waals surface area contributed by atoms with Gasteiger partial charge in [0.15, 0.2) is 0 Å². The summed E-state index contributed by atoms with van der Waals surface area (Å²) < 4.78 is 19.9. The number of carbonyl (C=O) groups excluding carboxylic acids is 1. The standard InChI is InChI=1S/C10H20O5/c1-3-15-10(11)4-5-13-8-9-14-7-6-12-2/h3-9H2,1-2H3. The maximum atomic E-state index is 10.9. The van der Waals surface area contributed by atoms with Crippen molar-refractivity contribution in [3.63, 3.8) is 0 Å². The summed E-state index contributed by atoms with van der Waals surface area (Å²) >= 11 is 0. The zero-order valence-corrected chi connectivity index (χ0v) is 9.49. The number of rotatable bonds is 10. The van der Waals surface area contributed by atoms with Crippen LogP contribution in [0.25, 0.3) is 0 Å². The van der Waals surface area contributed by atoms with E-state index < -0.39 is 0 Å². The summed E-state index contributed by atoms with van der Waals surface area (Å²) in [6.45, 7) is 4.74. The normalized spacial score (nSPS) is 10.3. The van der Waals surface area contributed by atoms with Crippen molar-refractivity contribution in [2.24, 2.45) is 0 Å². The van der Waals surface area contributed by atoms with Gasteiger partial charge in [-0.1, -0.05) is 0 Å². The Labute approximate surface area is 90.6 Å². The molecule has 0 saturated heterocycles. The molecule has 0 amide bonds. The molecule has 90 valence electrons. The molecule has 0 aromatic carbocycles. The number of hydrogen-bond donors (Lipinski definition) is 0. The first kappa shape index (κ1) is 14.3. The average molecular weight is 220 g/mol. The molecule has 0 aromatic rings. The first-order valence-electron chi connectivity index (χ1n) is 5.11. The minimum absolute atomic E-state index is 0.224. The fraction of sp³-hybridized carbons (Fsp3) is 0.900. The Kier molecular flexibility index (Phi) is 10.9. The van der Waals surface area contributed by atoms with Crippen LogP contribution in [0.15, 0.2) is 0 Å². The molecular weight excluding hydrogens is 200 g/mol. The quantitative estimate of drug-likeness (QED) is 0.399. The van der Waals surface area contributed by atoms with Gasteiger partial charge in [0.2, 0.25) is 0 Å². The molecule has 0 saturated carbocycles. The van der Waals surface area contributed by atoms with Crippen LogP contribution in [-0.2, 0) is 23.7 Å². The van der Waals surface area contributed by atoms with Crippen molar-refractivity contribution >= 4 is 5.97 Å². The number of methoxy groups -OCH3 is 1. The van der Waals surface area contributed by atoms with E-state index in [0.717, 1.165) is 0 Å². The highest BCUT2D eigenvalue weighted by Crippen LogP contribution is 1.88. The summed E-state index contributed by atoms with van der Waals surface area (Å²) in [6.07, 6.45) is 0.298. The predicted molar refractivity (Wildman–Crippen MR) is 54.8 cm³/mol. The summed E-state index contributed by atoms with van der Waals surface area (Å²) in [5, 5.41) is 0. The Morgan fingerprint density at radius 3 is 2.20 bits per heavy atom. The number of esters is 1. The molecule has 0 radical (unpaired) electrons. The number of carbonyl (C=O) groups is 1. The van der Waals surface area contributed by atoms with Crippen LogP contribution in [0.1, 0.15) is 13.3 Å². The smallest absolute Gasteiger partial charge is 0.308 e. The minimum atomic E-state index is -0.224. The van der Waals surface area contributed by atoms with Crippen LogP contribution in [0.5, 0.6) is 0 Å². The summed E-state index contributed by atoms with van der Waals surface area (Å²) in [4.78, 5) is 10.9. The van der Waals surface area contributed by atoms with Gasteiger partial charge in [0.05, 0.1) is 46.1 Å². The summed E-state index contributed by atoms with van der Waals surface area (Å²) in [5.41, 5.74) is 0. The summed E-state index contributed by atoms with van der Waals surface area (Å²) in [6, 6.07) is 0. The van der Waals surface area contributed by atoms with Gasteiger partial charge in [-0.25, -0.2) is 0 Å². The molecule has 0 bridgehead atoms. The second-order valence-corrected chi connectivity index (χ2v) is 2.77. The van der Waals surface area contributed by atoms with Gasteiger partial charge in [-0.15, -0.1) is 0 Å². The molecule has 0 rings (SSSR count). The summed E-state index contributed by atoms with van der Waals surface area (Å²) in [7, 11) is 1.62. The second kappa shape index (κ2) is 11.4. The minimum Gasteiger partial charge on any atom is -0.466 e. The molecule has 0 N–H and O–H groups in total. The van der Waals surface area contributed by atoms with Gasteiger partial charge in [0, 0.05) is 7.11 Å². The van der Waals surface area contributed by atoms with Gasteiger partial charge in [-0.05, 0) is 6.92 Å². The van der Waals surface area contributed by atoms with Crippen molar-refractivity contribution in [1.82, 2.24) is 0 Å². The number of ether oxygens (including phenoxy) is 4. The molecule has 0 aliphatic carbocycles. The molecule has 5 heteroatoms. The van der Waals surface area contributed by atoms with Crippen LogP contribution in [0.3, 0.4) is 0 Å². The second-order valence-electron chi connectivity index (χ2n) is 2.77. The molecule has 0 aliphatic heterocycles. The van der Waals surface area contributed by atoms with Crippen LogP contribution >= 0.6 is 0 Å². The highest BCUT2D eigenvalue weighted by molar-refractivity contribution is 5.69. The highest BCUT2D eigenvalue weighted by atomic mass is 16.5. The van der Waals surface area contributed by atoms with E-state index in [-0.39, 0.29) is 5.97 Å². The Hall–Kier alpha value is -0.650. The van der Waals surface area contributed by atoms with E-state index >= 15 is 0 Å². The summed E-state index contributed by atoms with van der Waals surface area (Å²) in [5.74, 6) is -0.224. The van der Waals surface area contributed by atoms with Crippen molar-refractivity contribution in [2.75, 3.05) is 46.8 Å².